The van der Waals surface area contributed by atoms with Crippen molar-refractivity contribution in [1.82, 2.24) is 0 Å². The summed E-state index contributed by atoms with van der Waals surface area (Å²) in [5, 5.41) is 0.0989. The Kier molecular flexibility index (Phi) is 5.25. The van der Waals surface area contributed by atoms with Gasteiger partial charge in [0.15, 0.2) is 5.78 Å². The lowest BCUT2D eigenvalue weighted by Gasteiger charge is -2.36. The van der Waals surface area contributed by atoms with Crippen LogP contribution in [0.25, 0.3) is 0 Å². The largest absolute Gasteiger partial charge is 0.543 e. The second kappa shape index (κ2) is 6.73. The molecule has 0 spiro atoms. The van der Waals surface area contributed by atoms with Crippen LogP contribution < -0.4 is 10.2 Å². The third kappa shape index (κ3) is 4.08. The molecule has 0 heterocycles. The van der Waals surface area contributed by atoms with Crippen LogP contribution in [0.2, 0.25) is 18.1 Å². The minimum Gasteiger partial charge on any atom is -0.543 e. The van der Waals surface area contributed by atoms with E-state index in [4.69, 9.17) is 10.2 Å². The molecule has 0 atom stereocenters. The number of benzene rings is 2. The molecule has 0 aliphatic heterocycles. The number of anilines is 1. The predicted octanol–water partition coefficient (Wildman–Crippen LogP) is 5.65. The van der Waals surface area contributed by atoms with E-state index < -0.39 is 8.32 Å². The first kappa shape index (κ1) is 18.7. The Labute approximate surface area is 153 Å². The van der Waals surface area contributed by atoms with Crippen molar-refractivity contribution in [3.05, 3.63) is 58.1 Å². The minimum atomic E-state index is -1.95. The highest BCUT2D eigenvalue weighted by Crippen LogP contribution is 2.37. The first-order chi connectivity index (χ1) is 11.0. The number of nitrogen functional groups attached to an aromatic ring is 1. The Morgan fingerprint density at radius 3 is 2.42 bits per heavy atom. The Morgan fingerprint density at radius 2 is 1.79 bits per heavy atom. The average molecular weight is 406 g/mol. The van der Waals surface area contributed by atoms with Crippen molar-refractivity contribution in [2.75, 3.05) is 5.73 Å². The Morgan fingerprint density at radius 1 is 1.12 bits per heavy atom. The number of rotatable bonds is 4. The predicted molar refractivity (Wildman–Crippen MR) is 106 cm³/mol. The van der Waals surface area contributed by atoms with Gasteiger partial charge in [-0.15, -0.1) is 0 Å². The summed E-state index contributed by atoms with van der Waals surface area (Å²) in [4.78, 5) is 12.8. The molecule has 3 nitrogen and oxygen atoms in total. The highest BCUT2D eigenvalue weighted by atomic mass is 79.9. The summed E-state index contributed by atoms with van der Waals surface area (Å²) in [6.07, 6.45) is 0. The maximum Gasteiger partial charge on any atom is 0.250 e. The quantitative estimate of drug-likeness (QED) is 0.406. The standard InChI is InChI=1S/C19H24BrNO2Si/c1-19(2,3)24(4,5)23-15-8-6-7-13(11-15)18(22)16-12-14(20)9-10-17(16)21/h6-12H,21H2,1-5H3. The van der Waals surface area contributed by atoms with E-state index >= 15 is 0 Å². The summed E-state index contributed by atoms with van der Waals surface area (Å²) in [6, 6.07) is 12.7. The summed E-state index contributed by atoms with van der Waals surface area (Å²) >= 11 is 3.39. The molecule has 5 heteroatoms. The normalized spacial score (nSPS) is 12.1. The summed E-state index contributed by atoms with van der Waals surface area (Å²) < 4.78 is 7.12. The van der Waals surface area contributed by atoms with Crippen molar-refractivity contribution in [1.29, 1.82) is 0 Å². The number of halogens is 1. The van der Waals surface area contributed by atoms with Gasteiger partial charge in [0.25, 0.3) is 0 Å². The summed E-state index contributed by atoms with van der Waals surface area (Å²) in [6.45, 7) is 10.9. The van der Waals surface area contributed by atoms with Crippen molar-refractivity contribution in [3.63, 3.8) is 0 Å². The minimum absolute atomic E-state index is 0.0989. The van der Waals surface area contributed by atoms with E-state index in [1.165, 1.54) is 0 Å². The van der Waals surface area contributed by atoms with Gasteiger partial charge >= 0.3 is 0 Å². The lowest BCUT2D eigenvalue weighted by Crippen LogP contribution is -2.43. The van der Waals surface area contributed by atoms with E-state index in [9.17, 15) is 4.79 Å². The van der Waals surface area contributed by atoms with Gasteiger partial charge in [-0.3, -0.25) is 4.79 Å². The van der Waals surface area contributed by atoms with Crippen LogP contribution in [0, 0.1) is 0 Å². The molecule has 24 heavy (non-hydrogen) atoms. The molecule has 128 valence electrons. The number of carbonyl (C=O) groups excluding carboxylic acids is 1. The number of hydrogen-bond donors (Lipinski definition) is 1. The van der Waals surface area contributed by atoms with Crippen LogP contribution in [0.4, 0.5) is 5.69 Å². The van der Waals surface area contributed by atoms with Crippen molar-refractivity contribution in [2.24, 2.45) is 0 Å². The number of carbonyl (C=O) groups is 1. The van der Waals surface area contributed by atoms with Gasteiger partial charge in [0.05, 0.1) is 0 Å². The van der Waals surface area contributed by atoms with Crippen LogP contribution >= 0.6 is 15.9 Å². The fourth-order valence-electron chi connectivity index (χ4n) is 2.03. The third-order valence-corrected chi connectivity index (χ3v) is 9.39. The zero-order chi connectivity index (χ0) is 18.1. The molecule has 0 saturated carbocycles. The van der Waals surface area contributed by atoms with Gasteiger partial charge in [-0.25, -0.2) is 0 Å². The monoisotopic (exact) mass is 405 g/mol. The fourth-order valence-corrected chi connectivity index (χ4v) is 3.41. The van der Waals surface area contributed by atoms with Crippen LogP contribution in [-0.4, -0.2) is 14.1 Å². The number of nitrogens with two attached hydrogens (primary N) is 1. The maximum absolute atomic E-state index is 12.8. The van der Waals surface area contributed by atoms with Crippen molar-refractivity contribution < 1.29 is 9.22 Å². The number of ketones is 1. The van der Waals surface area contributed by atoms with Gasteiger partial charge in [-0.1, -0.05) is 48.8 Å². The molecule has 2 rings (SSSR count). The van der Waals surface area contributed by atoms with E-state index in [-0.39, 0.29) is 10.8 Å². The molecule has 0 amide bonds. The smallest absolute Gasteiger partial charge is 0.250 e. The van der Waals surface area contributed by atoms with Crippen LogP contribution in [0.15, 0.2) is 46.9 Å². The molecular weight excluding hydrogens is 382 g/mol. The van der Waals surface area contributed by atoms with Crippen molar-refractivity contribution in [2.45, 2.75) is 38.9 Å². The van der Waals surface area contributed by atoms with Gasteiger partial charge in [-0.05, 0) is 48.5 Å². The van der Waals surface area contributed by atoms with Crippen molar-refractivity contribution in [3.8, 4) is 5.75 Å². The Bertz CT molecular complexity index is 766. The van der Waals surface area contributed by atoms with E-state index in [0.29, 0.717) is 16.8 Å². The third-order valence-electron chi connectivity index (χ3n) is 4.54. The van der Waals surface area contributed by atoms with Crippen LogP contribution in [0.5, 0.6) is 5.75 Å². The Hall–Kier alpha value is -1.59. The van der Waals surface area contributed by atoms with Gasteiger partial charge in [0, 0.05) is 21.3 Å². The van der Waals surface area contributed by atoms with Crippen LogP contribution in [0.1, 0.15) is 36.7 Å². The average Bonchev–Trinajstić information content (AvgIpc) is 2.47. The first-order valence-electron chi connectivity index (χ1n) is 7.90. The molecule has 0 aromatic heterocycles. The zero-order valence-electron chi connectivity index (χ0n) is 14.8. The summed E-state index contributed by atoms with van der Waals surface area (Å²) in [5.74, 6) is 0.635. The highest BCUT2D eigenvalue weighted by Gasteiger charge is 2.39. The second-order valence-corrected chi connectivity index (χ2v) is 13.1. The molecule has 0 radical (unpaired) electrons. The van der Waals surface area contributed by atoms with E-state index in [0.717, 1.165) is 10.2 Å². The number of hydrogen-bond acceptors (Lipinski definition) is 3. The van der Waals surface area contributed by atoms with Crippen molar-refractivity contribution >= 4 is 35.7 Å². The van der Waals surface area contributed by atoms with Crippen LogP contribution in [0.3, 0.4) is 0 Å². The summed E-state index contributed by atoms with van der Waals surface area (Å²) in [7, 11) is -1.95. The molecule has 0 bridgehead atoms. The fraction of sp³-hybridized carbons (Fsp3) is 0.316. The Balaban J connectivity index is 2.34. The molecule has 2 aromatic carbocycles. The van der Waals surface area contributed by atoms with E-state index in [1.54, 1.807) is 18.2 Å². The molecular formula is C19H24BrNO2Si. The van der Waals surface area contributed by atoms with Gasteiger partial charge < -0.3 is 10.2 Å². The molecule has 2 aromatic rings. The molecule has 2 N–H and O–H groups in total. The lowest BCUT2D eigenvalue weighted by atomic mass is 10.0. The molecule has 0 fully saturated rings. The lowest BCUT2D eigenvalue weighted by molar-refractivity contribution is 0.103. The van der Waals surface area contributed by atoms with Gasteiger partial charge in [-0.2, -0.15) is 0 Å². The summed E-state index contributed by atoms with van der Waals surface area (Å²) in [5.41, 5.74) is 7.50. The topological polar surface area (TPSA) is 52.3 Å². The molecule has 0 aliphatic carbocycles. The zero-order valence-corrected chi connectivity index (χ0v) is 17.4. The molecule has 0 unspecified atom stereocenters. The molecule has 0 aliphatic rings. The van der Waals surface area contributed by atoms with Gasteiger partial charge in [0.1, 0.15) is 5.75 Å². The van der Waals surface area contributed by atoms with E-state index in [2.05, 4.69) is 49.8 Å². The molecule has 0 saturated heterocycles. The first-order valence-corrected chi connectivity index (χ1v) is 11.6. The van der Waals surface area contributed by atoms with Gasteiger partial charge in [0.2, 0.25) is 8.32 Å². The SMILES string of the molecule is CC(C)(C)[Si](C)(C)Oc1cccc(C(=O)c2cc(Br)ccc2N)c1. The van der Waals surface area contributed by atoms with E-state index in [1.807, 2.05) is 24.3 Å². The second-order valence-electron chi connectivity index (χ2n) is 7.45. The van der Waals surface area contributed by atoms with Crippen LogP contribution in [-0.2, 0) is 0 Å². The highest BCUT2D eigenvalue weighted by molar-refractivity contribution is 9.10. The maximum atomic E-state index is 12.8.